The molecule has 2 aromatic carbocycles. The van der Waals surface area contributed by atoms with E-state index in [1.165, 1.54) is 15.9 Å². The molecule has 0 saturated carbocycles. The lowest BCUT2D eigenvalue weighted by Crippen LogP contribution is -2.46. The summed E-state index contributed by atoms with van der Waals surface area (Å²) in [6, 6.07) is 11.9. The highest BCUT2D eigenvalue weighted by Gasteiger charge is 2.27. The van der Waals surface area contributed by atoms with Gasteiger partial charge in [0.25, 0.3) is 5.91 Å². The zero-order chi connectivity index (χ0) is 26.1. The number of rotatable bonds is 6. The van der Waals surface area contributed by atoms with Crippen LogP contribution in [0.2, 0.25) is 0 Å². The number of thiophene rings is 1. The molecule has 2 aromatic heterocycles. The van der Waals surface area contributed by atoms with Crippen LogP contribution in [0.25, 0.3) is 31.6 Å². The van der Waals surface area contributed by atoms with E-state index in [0.717, 1.165) is 15.8 Å². The summed E-state index contributed by atoms with van der Waals surface area (Å²) in [7, 11) is 3.21. The van der Waals surface area contributed by atoms with E-state index in [1.54, 1.807) is 32.4 Å². The normalized spacial score (nSPS) is 19.0. The van der Waals surface area contributed by atoms with E-state index in [4.69, 9.17) is 13.9 Å². The number of nitrogens with zero attached hydrogens (tertiary/aromatic N) is 2. The number of hydrogen-bond donors (Lipinski definition) is 2. The van der Waals surface area contributed by atoms with Crippen LogP contribution < -0.4 is 16.4 Å². The first kappa shape index (κ1) is 25.1. The SMILES string of the molecule is COC1CNC[C@H](C(=O)N[C@H](C#N)Cc2ccc3cc(-c4ccc5oc(=O)n(C)c5c4)sc3c2F)OC1. The first-order valence-electron chi connectivity index (χ1n) is 11.7. The number of nitriles is 1. The lowest BCUT2D eigenvalue weighted by molar-refractivity contribution is -0.133. The van der Waals surface area contributed by atoms with Gasteiger partial charge in [0.05, 0.1) is 29.0 Å². The Hall–Kier alpha value is -3.56. The smallest absolute Gasteiger partial charge is 0.408 e. The van der Waals surface area contributed by atoms with Gasteiger partial charge < -0.3 is 24.5 Å². The number of aromatic nitrogens is 1. The molecule has 1 unspecified atom stereocenters. The maximum Gasteiger partial charge on any atom is 0.419 e. The molecule has 5 rings (SSSR count). The Morgan fingerprint density at radius 3 is 2.97 bits per heavy atom. The van der Waals surface area contributed by atoms with Gasteiger partial charge in [0.15, 0.2) is 5.58 Å². The lowest BCUT2D eigenvalue weighted by Gasteiger charge is -2.18. The summed E-state index contributed by atoms with van der Waals surface area (Å²) in [5, 5.41) is 16.1. The number of benzene rings is 2. The summed E-state index contributed by atoms with van der Waals surface area (Å²) in [6.07, 6.45) is -0.911. The molecule has 0 spiro atoms. The van der Waals surface area contributed by atoms with E-state index in [9.17, 15) is 14.9 Å². The molecule has 9 nitrogen and oxygen atoms in total. The molecular formula is C26H25FN4O5S. The molecule has 4 aromatic rings. The molecule has 3 heterocycles. The van der Waals surface area contributed by atoms with Crippen molar-refractivity contribution in [1.29, 1.82) is 5.26 Å². The van der Waals surface area contributed by atoms with Gasteiger partial charge in [-0.05, 0) is 40.8 Å². The fraction of sp³-hybridized carbons (Fsp3) is 0.346. The molecule has 2 N–H and O–H groups in total. The Labute approximate surface area is 215 Å². The summed E-state index contributed by atoms with van der Waals surface area (Å²) in [5.74, 6) is -1.30. The molecular weight excluding hydrogens is 499 g/mol. The van der Waals surface area contributed by atoms with Crippen molar-refractivity contribution in [2.75, 3.05) is 26.8 Å². The summed E-state index contributed by atoms with van der Waals surface area (Å²) in [6.45, 7) is 1.11. The number of carbonyl (C=O) groups excluding carboxylic acids is 1. The van der Waals surface area contributed by atoms with E-state index in [0.29, 0.717) is 34.5 Å². The maximum absolute atomic E-state index is 15.5. The monoisotopic (exact) mass is 524 g/mol. The lowest BCUT2D eigenvalue weighted by atomic mass is 10.0. The largest absolute Gasteiger partial charge is 0.419 e. The van der Waals surface area contributed by atoms with Crippen molar-refractivity contribution in [3.05, 3.63) is 58.3 Å². The zero-order valence-corrected chi connectivity index (χ0v) is 21.1. The molecule has 0 bridgehead atoms. The van der Waals surface area contributed by atoms with Crippen LogP contribution in [0, 0.1) is 17.1 Å². The van der Waals surface area contributed by atoms with E-state index >= 15 is 4.39 Å². The number of carbonyl (C=O) groups is 1. The number of hydrogen-bond acceptors (Lipinski definition) is 8. The average Bonchev–Trinajstić information content (AvgIpc) is 3.35. The van der Waals surface area contributed by atoms with Gasteiger partial charge >= 0.3 is 5.76 Å². The first-order chi connectivity index (χ1) is 17.9. The maximum atomic E-state index is 15.5. The third kappa shape index (κ3) is 5.01. The predicted octanol–water partition coefficient (Wildman–Crippen LogP) is 2.71. The second-order valence-electron chi connectivity index (χ2n) is 8.91. The van der Waals surface area contributed by atoms with Crippen molar-refractivity contribution in [3.8, 4) is 16.5 Å². The van der Waals surface area contributed by atoms with E-state index < -0.39 is 29.6 Å². The number of fused-ring (bicyclic) bond motifs is 2. The molecule has 1 aliphatic heterocycles. The topological polar surface area (TPSA) is 119 Å². The van der Waals surface area contributed by atoms with Crippen LogP contribution in [0.5, 0.6) is 0 Å². The number of methoxy groups -OCH3 is 1. The van der Waals surface area contributed by atoms with E-state index in [1.807, 2.05) is 18.2 Å². The van der Waals surface area contributed by atoms with Gasteiger partial charge in [-0.3, -0.25) is 9.36 Å². The Morgan fingerprint density at radius 1 is 1.35 bits per heavy atom. The number of aryl methyl sites for hydroxylation is 1. The van der Waals surface area contributed by atoms with Gasteiger partial charge in [0, 0.05) is 38.5 Å². The number of nitrogens with one attached hydrogen (secondary N) is 2. The van der Waals surface area contributed by atoms with Gasteiger partial charge in [-0.15, -0.1) is 11.3 Å². The summed E-state index contributed by atoms with van der Waals surface area (Å²) < 4.78 is 33.5. The van der Waals surface area contributed by atoms with Crippen molar-refractivity contribution in [2.24, 2.45) is 7.05 Å². The second-order valence-corrected chi connectivity index (χ2v) is 9.96. The second kappa shape index (κ2) is 10.4. The van der Waals surface area contributed by atoms with Crippen LogP contribution in [0.3, 0.4) is 0 Å². The Morgan fingerprint density at radius 2 is 2.19 bits per heavy atom. The third-order valence-corrected chi connectivity index (χ3v) is 7.68. The van der Waals surface area contributed by atoms with Crippen LogP contribution in [-0.2, 0) is 27.7 Å². The minimum atomic E-state index is -0.922. The van der Waals surface area contributed by atoms with Crippen molar-refractivity contribution in [2.45, 2.75) is 24.7 Å². The number of ether oxygens (including phenoxy) is 2. The minimum absolute atomic E-state index is 0.0151. The summed E-state index contributed by atoms with van der Waals surface area (Å²) in [5.41, 5.74) is 2.30. The Kier molecular flexibility index (Phi) is 7.08. The Balaban J connectivity index is 1.34. The van der Waals surface area contributed by atoms with Crippen molar-refractivity contribution in [1.82, 2.24) is 15.2 Å². The molecule has 3 atom stereocenters. The minimum Gasteiger partial charge on any atom is -0.408 e. The average molecular weight is 525 g/mol. The summed E-state index contributed by atoms with van der Waals surface area (Å²) >= 11 is 1.28. The van der Waals surface area contributed by atoms with Gasteiger partial charge in [0.1, 0.15) is 18.0 Å². The van der Waals surface area contributed by atoms with Crippen LogP contribution in [0.4, 0.5) is 4.39 Å². The van der Waals surface area contributed by atoms with Gasteiger partial charge in [-0.1, -0.05) is 12.1 Å². The van der Waals surface area contributed by atoms with Crippen LogP contribution in [0.1, 0.15) is 5.56 Å². The molecule has 0 aliphatic carbocycles. The van der Waals surface area contributed by atoms with E-state index in [2.05, 4.69) is 16.7 Å². The molecule has 1 fully saturated rings. The van der Waals surface area contributed by atoms with Gasteiger partial charge in [-0.2, -0.15) is 5.26 Å². The fourth-order valence-electron chi connectivity index (χ4n) is 4.34. The Bertz CT molecular complexity index is 1570. The van der Waals surface area contributed by atoms with Crippen LogP contribution in [-0.4, -0.2) is 55.5 Å². The van der Waals surface area contributed by atoms with Crippen molar-refractivity contribution in [3.63, 3.8) is 0 Å². The number of halogens is 1. The summed E-state index contributed by atoms with van der Waals surface area (Å²) in [4.78, 5) is 25.3. The number of amides is 1. The third-order valence-electron chi connectivity index (χ3n) is 6.49. The number of oxazole rings is 1. The molecule has 11 heteroatoms. The van der Waals surface area contributed by atoms with E-state index in [-0.39, 0.29) is 19.1 Å². The van der Waals surface area contributed by atoms with Crippen molar-refractivity contribution < 1.29 is 23.1 Å². The highest BCUT2D eigenvalue weighted by atomic mass is 32.1. The predicted molar refractivity (Wildman–Crippen MR) is 137 cm³/mol. The standard InChI is InChI=1S/C26H25FN4O5S/c1-31-19-8-14(5-6-20(19)36-26(31)33)22-9-16-4-3-15(23(27)24(16)37-22)7-17(10-28)30-25(32)21-12-29-11-18(34-2)13-35-21/h3-6,8-9,17-18,21,29H,7,11-13H2,1-2H3,(H,30,32)/t17-,18?,21+/m0/s1. The molecule has 1 amide bonds. The molecule has 0 radical (unpaired) electrons. The zero-order valence-electron chi connectivity index (χ0n) is 20.2. The quantitative estimate of drug-likeness (QED) is 0.398. The molecule has 1 saturated heterocycles. The molecule has 192 valence electrons. The van der Waals surface area contributed by atoms with Crippen molar-refractivity contribution >= 4 is 38.4 Å². The van der Waals surface area contributed by atoms with Crippen LogP contribution in [0.15, 0.2) is 45.6 Å². The first-order valence-corrected chi connectivity index (χ1v) is 12.6. The molecule has 37 heavy (non-hydrogen) atoms. The fourth-order valence-corrected chi connectivity index (χ4v) is 5.46. The highest BCUT2D eigenvalue weighted by molar-refractivity contribution is 7.22. The van der Waals surface area contributed by atoms with Gasteiger partial charge in [0.2, 0.25) is 0 Å². The van der Waals surface area contributed by atoms with Gasteiger partial charge in [-0.25, -0.2) is 9.18 Å². The highest BCUT2D eigenvalue weighted by Crippen LogP contribution is 2.37. The molecule has 1 aliphatic rings. The van der Waals surface area contributed by atoms with Crippen LogP contribution >= 0.6 is 11.3 Å².